The fourth-order valence-corrected chi connectivity index (χ4v) is 1.31. The molecule has 0 saturated heterocycles. The SMILES string of the molecule is C=CC.CC.CCC.CCC1=CC=C(CC)CC1.CCCC. The predicted octanol–water partition coefficient (Wildman–Crippen LogP) is 8.89. The maximum atomic E-state index is 3.36. The van der Waals surface area contributed by atoms with Gasteiger partial charge in [-0.25, -0.2) is 0 Å². The van der Waals surface area contributed by atoms with E-state index in [2.05, 4.69) is 60.3 Å². The average Bonchev–Trinajstić information content (AvgIpc) is 2.58. The van der Waals surface area contributed by atoms with Gasteiger partial charge < -0.3 is 0 Å². The third-order valence-corrected chi connectivity index (χ3v) is 2.73. The minimum atomic E-state index is 1.23. The van der Waals surface area contributed by atoms with Gasteiger partial charge in [-0.05, 0) is 32.6 Å². The quantitative estimate of drug-likeness (QED) is 0.456. The van der Waals surface area contributed by atoms with Gasteiger partial charge >= 0.3 is 0 Å². The van der Waals surface area contributed by atoms with E-state index in [0.29, 0.717) is 0 Å². The zero-order valence-electron chi connectivity index (χ0n) is 17.4. The van der Waals surface area contributed by atoms with E-state index in [-0.39, 0.29) is 0 Å². The van der Waals surface area contributed by atoms with Crippen LogP contribution in [0.4, 0.5) is 0 Å². The second-order valence-corrected chi connectivity index (χ2v) is 4.97. The van der Waals surface area contributed by atoms with E-state index in [1.165, 1.54) is 44.9 Å². The van der Waals surface area contributed by atoms with Crippen molar-refractivity contribution < 1.29 is 0 Å². The minimum Gasteiger partial charge on any atom is -0.103 e. The first-order valence-corrected chi connectivity index (χ1v) is 9.55. The summed E-state index contributed by atoms with van der Waals surface area (Å²) in [7, 11) is 0. The van der Waals surface area contributed by atoms with E-state index in [9.17, 15) is 0 Å². The molecule has 0 amide bonds. The van der Waals surface area contributed by atoms with E-state index in [0.717, 1.165) is 0 Å². The van der Waals surface area contributed by atoms with Crippen LogP contribution in [0.5, 0.6) is 0 Å². The monoisotopic (exact) mass is 310 g/mol. The van der Waals surface area contributed by atoms with E-state index >= 15 is 0 Å². The van der Waals surface area contributed by atoms with Gasteiger partial charge in [-0.3, -0.25) is 0 Å². The van der Waals surface area contributed by atoms with E-state index in [4.69, 9.17) is 0 Å². The Morgan fingerprint density at radius 2 is 1.05 bits per heavy atom. The predicted molar refractivity (Wildman–Crippen MR) is 110 cm³/mol. The summed E-state index contributed by atoms with van der Waals surface area (Å²) in [5, 5.41) is 0. The fraction of sp³-hybridized carbons (Fsp3) is 0.727. The highest BCUT2D eigenvalue weighted by molar-refractivity contribution is 5.23. The van der Waals surface area contributed by atoms with Crippen molar-refractivity contribution >= 4 is 0 Å². The third-order valence-electron chi connectivity index (χ3n) is 2.73. The Morgan fingerprint density at radius 3 is 1.14 bits per heavy atom. The van der Waals surface area contributed by atoms with Gasteiger partial charge in [-0.1, -0.05) is 104 Å². The summed E-state index contributed by atoms with van der Waals surface area (Å²) in [6.07, 6.45) is 15.3. The van der Waals surface area contributed by atoms with Crippen molar-refractivity contribution in [2.24, 2.45) is 0 Å². The molecule has 0 heterocycles. The Kier molecular flexibility index (Phi) is 42.9. The molecule has 22 heavy (non-hydrogen) atoms. The molecular formula is C22H46. The summed E-state index contributed by atoms with van der Waals surface area (Å²) >= 11 is 0. The minimum absolute atomic E-state index is 1.23. The second kappa shape index (κ2) is 32.2. The lowest BCUT2D eigenvalue weighted by Crippen LogP contribution is -1.91. The highest BCUT2D eigenvalue weighted by atomic mass is 14.1. The van der Waals surface area contributed by atoms with E-state index < -0.39 is 0 Å². The van der Waals surface area contributed by atoms with Gasteiger partial charge in [-0.15, -0.1) is 6.58 Å². The number of hydrogen-bond donors (Lipinski definition) is 0. The molecule has 1 rings (SSSR count). The van der Waals surface area contributed by atoms with Crippen molar-refractivity contribution in [3.8, 4) is 0 Å². The van der Waals surface area contributed by atoms with Crippen molar-refractivity contribution in [1.29, 1.82) is 0 Å². The first-order chi connectivity index (χ1) is 10.6. The van der Waals surface area contributed by atoms with Gasteiger partial charge in [-0.2, -0.15) is 0 Å². The molecule has 0 heteroatoms. The van der Waals surface area contributed by atoms with Crippen LogP contribution in [0.3, 0.4) is 0 Å². The molecule has 0 aromatic rings. The molecule has 0 aromatic carbocycles. The Morgan fingerprint density at radius 1 is 0.818 bits per heavy atom. The summed E-state index contributed by atoms with van der Waals surface area (Å²) in [6, 6.07) is 0. The van der Waals surface area contributed by atoms with Crippen LogP contribution < -0.4 is 0 Å². The standard InChI is InChI=1S/C10H16.C4H10.C3H8.C3H6.C2H6/c1-3-9-5-7-10(4-2)8-6-9;1-3-4-2;2*1-3-2;1-2/h5,7H,3-4,6,8H2,1-2H3;3-4H2,1-2H3;3H2,1-2H3;3H,1H2,2H3;1-2H3. The molecule has 0 saturated carbocycles. The van der Waals surface area contributed by atoms with Crippen LogP contribution >= 0.6 is 0 Å². The molecule has 0 N–H and O–H groups in total. The molecule has 0 aromatic heterocycles. The molecule has 0 spiro atoms. The van der Waals surface area contributed by atoms with Crippen molar-refractivity contribution in [3.05, 3.63) is 36.0 Å². The van der Waals surface area contributed by atoms with Crippen molar-refractivity contribution in [2.75, 3.05) is 0 Å². The first-order valence-electron chi connectivity index (χ1n) is 9.55. The number of allylic oxidation sites excluding steroid dienone is 5. The average molecular weight is 311 g/mol. The maximum absolute atomic E-state index is 3.36. The van der Waals surface area contributed by atoms with Crippen LogP contribution in [0.15, 0.2) is 36.0 Å². The van der Waals surface area contributed by atoms with Crippen molar-refractivity contribution in [1.82, 2.24) is 0 Å². The second-order valence-electron chi connectivity index (χ2n) is 4.97. The maximum Gasteiger partial charge on any atom is -0.0280 e. The molecular weight excluding hydrogens is 264 g/mol. The van der Waals surface area contributed by atoms with Crippen LogP contribution in [0.1, 0.15) is 107 Å². The molecule has 1 aliphatic carbocycles. The molecule has 1 aliphatic rings. The van der Waals surface area contributed by atoms with Gasteiger partial charge in [0.1, 0.15) is 0 Å². The van der Waals surface area contributed by atoms with Gasteiger partial charge in [0, 0.05) is 0 Å². The summed E-state index contributed by atoms with van der Waals surface area (Å²) in [4.78, 5) is 0. The lowest BCUT2D eigenvalue weighted by molar-refractivity contribution is 0.824. The summed E-state index contributed by atoms with van der Waals surface area (Å²) < 4.78 is 0. The van der Waals surface area contributed by atoms with Crippen LogP contribution in [-0.2, 0) is 0 Å². The molecule has 0 bridgehead atoms. The van der Waals surface area contributed by atoms with Gasteiger partial charge in [0.25, 0.3) is 0 Å². The summed E-state index contributed by atoms with van der Waals surface area (Å²) in [6.45, 7) is 22.3. The molecule has 134 valence electrons. The normalized spacial score (nSPS) is 11.3. The summed E-state index contributed by atoms with van der Waals surface area (Å²) in [5.74, 6) is 0. The number of rotatable bonds is 3. The van der Waals surface area contributed by atoms with Crippen LogP contribution in [0.25, 0.3) is 0 Å². The zero-order valence-corrected chi connectivity index (χ0v) is 17.4. The third kappa shape index (κ3) is 31.6. The topological polar surface area (TPSA) is 0 Å². The Balaban J connectivity index is -0.000000113. The largest absolute Gasteiger partial charge is 0.103 e. The number of hydrogen-bond acceptors (Lipinski definition) is 0. The van der Waals surface area contributed by atoms with Crippen molar-refractivity contribution in [3.63, 3.8) is 0 Å². The highest BCUT2D eigenvalue weighted by Crippen LogP contribution is 2.21. The van der Waals surface area contributed by atoms with Gasteiger partial charge in [0.05, 0.1) is 0 Å². The first kappa shape index (κ1) is 29.3. The Labute approximate surface area is 143 Å². The van der Waals surface area contributed by atoms with Crippen molar-refractivity contribution in [2.45, 2.75) is 107 Å². The van der Waals surface area contributed by atoms with Crippen LogP contribution in [0.2, 0.25) is 0 Å². The molecule has 0 nitrogen and oxygen atoms in total. The highest BCUT2D eigenvalue weighted by Gasteiger charge is 2.01. The molecule has 0 atom stereocenters. The summed E-state index contributed by atoms with van der Waals surface area (Å²) in [5.41, 5.74) is 3.22. The van der Waals surface area contributed by atoms with Gasteiger partial charge in [0.2, 0.25) is 0 Å². The van der Waals surface area contributed by atoms with Crippen LogP contribution in [-0.4, -0.2) is 0 Å². The lowest BCUT2D eigenvalue weighted by Gasteiger charge is -2.11. The molecule has 0 aliphatic heterocycles. The van der Waals surface area contributed by atoms with Crippen LogP contribution in [0, 0.1) is 0 Å². The zero-order chi connectivity index (χ0) is 18.2. The Bertz CT molecular complexity index is 208. The molecule has 0 radical (unpaired) electrons. The number of unbranched alkanes of at least 4 members (excludes halogenated alkanes) is 1. The Hall–Kier alpha value is -0.780. The smallest absolute Gasteiger partial charge is 0.0280 e. The van der Waals surface area contributed by atoms with E-state index in [1.54, 1.807) is 17.2 Å². The van der Waals surface area contributed by atoms with E-state index in [1.807, 2.05) is 20.8 Å². The molecule has 0 unspecified atom stereocenters. The lowest BCUT2D eigenvalue weighted by atomic mass is 9.96. The fourth-order valence-electron chi connectivity index (χ4n) is 1.31. The van der Waals surface area contributed by atoms with Gasteiger partial charge in [0.15, 0.2) is 0 Å². The molecule has 0 fully saturated rings.